The van der Waals surface area contributed by atoms with E-state index in [2.05, 4.69) is 31.0 Å². The number of benzene rings is 1. The number of hydrogen-bond donors (Lipinski definition) is 1. The van der Waals surface area contributed by atoms with Gasteiger partial charge in [0.2, 0.25) is 11.8 Å². The van der Waals surface area contributed by atoms with Gasteiger partial charge in [0.15, 0.2) is 0 Å². The molecule has 148 valence electrons. The van der Waals surface area contributed by atoms with Gasteiger partial charge in [0.05, 0.1) is 18.8 Å². The normalized spacial score (nSPS) is 19.1. The quantitative estimate of drug-likeness (QED) is 0.769. The van der Waals surface area contributed by atoms with Gasteiger partial charge in [-0.25, -0.2) is 0 Å². The van der Waals surface area contributed by atoms with E-state index in [1.54, 1.807) is 0 Å². The molecule has 3 rings (SSSR count). The van der Waals surface area contributed by atoms with Crippen molar-refractivity contribution in [2.24, 2.45) is 0 Å². The average Bonchev–Trinajstić information content (AvgIpc) is 2.66. The van der Waals surface area contributed by atoms with Crippen LogP contribution in [0.4, 0.5) is 5.69 Å². The summed E-state index contributed by atoms with van der Waals surface area (Å²) in [6.07, 6.45) is 3.50. The molecule has 2 heterocycles. The molecule has 0 aliphatic carbocycles. The maximum absolute atomic E-state index is 12.4. The summed E-state index contributed by atoms with van der Waals surface area (Å²) in [7, 11) is 0. The van der Waals surface area contributed by atoms with Crippen LogP contribution in [0.1, 0.15) is 24.8 Å². The lowest BCUT2D eigenvalue weighted by Gasteiger charge is -2.35. The number of anilines is 1. The number of carbonyl (C=O) groups excluding carboxylic acids is 2. The molecule has 0 atom stereocenters. The Hall–Kier alpha value is -1.44. The molecule has 2 aliphatic rings. The van der Waals surface area contributed by atoms with Crippen LogP contribution in [0, 0.1) is 6.92 Å². The number of likely N-dealkylation sites (tertiary alicyclic amines) is 1. The molecule has 0 saturated carbocycles. The SMILES string of the molecule is Cc1ccc(NC(=O)CN2CCN(CC(=O)N3CCCCC3)CC2)c(Br)c1. The van der Waals surface area contributed by atoms with E-state index < -0.39 is 0 Å². The summed E-state index contributed by atoms with van der Waals surface area (Å²) in [5.41, 5.74) is 1.95. The van der Waals surface area contributed by atoms with E-state index in [-0.39, 0.29) is 11.8 Å². The van der Waals surface area contributed by atoms with Crippen molar-refractivity contribution >= 4 is 33.4 Å². The number of nitrogens with one attached hydrogen (secondary N) is 1. The monoisotopic (exact) mass is 436 g/mol. The molecule has 0 spiro atoms. The first kappa shape index (κ1) is 20.3. The Bertz CT molecular complexity index is 668. The van der Waals surface area contributed by atoms with Gasteiger partial charge in [0, 0.05) is 43.7 Å². The Balaban J connectivity index is 1.39. The summed E-state index contributed by atoms with van der Waals surface area (Å²) in [6, 6.07) is 5.90. The third kappa shape index (κ3) is 6.02. The molecule has 6 nitrogen and oxygen atoms in total. The molecule has 27 heavy (non-hydrogen) atoms. The minimum Gasteiger partial charge on any atom is -0.342 e. The largest absolute Gasteiger partial charge is 0.342 e. The molecule has 1 aromatic rings. The number of hydrogen-bond acceptors (Lipinski definition) is 4. The van der Waals surface area contributed by atoms with Gasteiger partial charge in [0.1, 0.15) is 0 Å². The van der Waals surface area contributed by atoms with Crippen molar-refractivity contribution in [2.75, 3.05) is 57.7 Å². The van der Waals surface area contributed by atoms with Crippen LogP contribution in [-0.4, -0.2) is 78.9 Å². The minimum atomic E-state index is -0.00241. The lowest BCUT2D eigenvalue weighted by Crippen LogP contribution is -2.51. The molecular weight excluding hydrogens is 408 g/mol. The van der Waals surface area contributed by atoms with Crippen LogP contribution in [0.3, 0.4) is 0 Å². The lowest BCUT2D eigenvalue weighted by atomic mass is 10.1. The molecule has 7 heteroatoms. The van der Waals surface area contributed by atoms with Crippen LogP contribution in [-0.2, 0) is 9.59 Å². The van der Waals surface area contributed by atoms with Crippen molar-refractivity contribution in [2.45, 2.75) is 26.2 Å². The maximum atomic E-state index is 12.4. The van der Waals surface area contributed by atoms with E-state index in [0.717, 1.165) is 67.8 Å². The van der Waals surface area contributed by atoms with Gasteiger partial charge in [0.25, 0.3) is 0 Å². The zero-order valence-corrected chi connectivity index (χ0v) is 17.6. The number of carbonyl (C=O) groups is 2. The van der Waals surface area contributed by atoms with Crippen molar-refractivity contribution < 1.29 is 9.59 Å². The average molecular weight is 437 g/mol. The first-order valence-electron chi connectivity index (χ1n) is 9.80. The van der Waals surface area contributed by atoms with Crippen LogP contribution in [0.5, 0.6) is 0 Å². The van der Waals surface area contributed by atoms with E-state index in [9.17, 15) is 9.59 Å². The zero-order chi connectivity index (χ0) is 19.2. The Morgan fingerprint density at radius 3 is 2.22 bits per heavy atom. The molecule has 0 bridgehead atoms. The van der Waals surface area contributed by atoms with Crippen molar-refractivity contribution in [1.29, 1.82) is 0 Å². The van der Waals surface area contributed by atoms with E-state index in [1.165, 1.54) is 6.42 Å². The third-order valence-electron chi connectivity index (χ3n) is 5.30. The number of amides is 2. The van der Waals surface area contributed by atoms with E-state index in [0.29, 0.717) is 13.1 Å². The molecular formula is C20H29BrN4O2. The first-order chi connectivity index (χ1) is 13.0. The van der Waals surface area contributed by atoms with Gasteiger partial charge in [-0.1, -0.05) is 6.07 Å². The van der Waals surface area contributed by atoms with Gasteiger partial charge >= 0.3 is 0 Å². The van der Waals surface area contributed by atoms with E-state index in [1.807, 2.05) is 30.0 Å². The van der Waals surface area contributed by atoms with Crippen molar-refractivity contribution in [3.05, 3.63) is 28.2 Å². The summed E-state index contributed by atoms with van der Waals surface area (Å²) in [6.45, 7) is 8.03. The van der Waals surface area contributed by atoms with E-state index in [4.69, 9.17) is 0 Å². The second-order valence-corrected chi connectivity index (χ2v) is 8.38. The summed E-state index contributed by atoms with van der Waals surface area (Å²) >= 11 is 3.49. The highest BCUT2D eigenvalue weighted by molar-refractivity contribution is 9.10. The fourth-order valence-corrected chi connectivity index (χ4v) is 4.25. The highest BCUT2D eigenvalue weighted by Gasteiger charge is 2.23. The topological polar surface area (TPSA) is 55.9 Å². The number of rotatable bonds is 5. The lowest BCUT2D eigenvalue weighted by molar-refractivity contribution is -0.134. The summed E-state index contributed by atoms with van der Waals surface area (Å²) in [5.74, 6) is 0.252. The smallest absolute Gasteiger partial charge is 0.238 e. The molecule has 0 aromatic heterocycles. The number of nitrogens with zero attached hydrogens (tertiary/aromatic N) is 3. The molecule has 0 unspecified atom stereocenters. The first-order valence-corrected chi connectivity index (χ1v) is 10.6. The van der Waals surface area contributed by atoms with Gasteiger partial charge in [-0.05, 0) is 59.8 Å². The molecule has 1 aromatic carbocycles. The summed E-state index contributed by atoms with van der Waals surface area (Å²) in [5, 5.41) is 2.97. The molecule has 2 fully saturated rings. The second-order valence-electron chi connectivity index (χ2n) is 7.53. The number of aryl methyl sites for hydroxylation is 1. The van der Waals surface area contributed by atoms with Crippen LogP contribution < -0.4 is 5.32 Å². The van der Waals surface area contributed by atoms with Crippen molar-refractivity contribution in [3.63, 3.8) is 0 Å². The Labute approximate surface area is 170 Å². The van der Waals surface area contributed by atoms with Gasteiger partial charge < -0.3 is 10.2 Å². The second kappa shape index (κ2) is 9.66. The standard InChI is InChI=1S/C20H29BrN4O2/c1-16-5-6-18(17(21)13-16)22-19(26)14-23-9-11-24(12-10-23)15-20(27)25-7-3-2-4-8-25/h5-6,13H,2-4,7-12,14-15H2,1H3,(H,22,26). The van der Waals surface area contributed by atoms with Crippen LogP contribution in [0.2, 0.25) is 0 Å². The Morgan fingerprint density at radius 2 is 1.59 bits per heavy atom. The maximum Gasteiger partial charge on any atom is 0.238 e. The fraction of sp³-hybridized carbons (Fsp3) is 0.600. The van der Waals surface area contributed by atoms with Gasteiger partial charge in [-0.2, -0.15) is 0 Å². The molecule has 2 saturated heterocycles. The van der Waals surface area contributed by atoms with Crippen molar-refractivity contribution in [3.8, 4) is 0 Å². The zero-order valence-electron chi connectivity index (χ0n) is 16.0. The predicted octanol–water partition coefficient (Wildman–Crippen LogP) is 2.33. The molecule has 2 aliphatic heterocycles. The highest BCUT2D eigenvalue weighted by atomic mass is 79.9. The van der Waals surface area contributed by atoms with Crippen LogP contribution >= 0.6 is 15.9 Å². The van der Waals surface area contributed by atoms with Crippen LogP contribution in [0.25, 0.3) is 0 Å². The van der Waals surface area contributed by atoms with Crippen LogP contribution in [0.15, 0.2) is 22.7 Å². The Kier molecular flexibility index (Phi) is 7.26. The third-order valence-corrected chi connectivity index (χ3v) is 5.95. The van der Waals surface area contributed by atoms with E-state index >= 15 is 0 Å². The molecule has 1 N–H and O–H groups in total. The Morgan fingerprint density at radius 1 is 0.963 bits per heavy atom. The summed E-state index contributed by atoms with van der Waals surface area (Å²) < 4.78 is 0.900. The number of halogens is 1. The van der Waals surface area contributed by atoms with Crippen molar-refractivity contribution in [1.82, 2.24) is 14.7 Å². The predicted molar refractivity (Wildman–Crippen MR) is 111 cm³/mol. The summed E-state index contributed by atoms with van der Waals surface area (Å²) in [4.78, 5) is 31.1. The minimum absolute atomic E-state index is 0.00241. The molecule has 0 radical (unpaired) electrons. The fourth-order valence-electron chi connectivity index (χ4n) is 3.65. The number of piperidine rings is 1. The van der Waals surface area contributed by atoms with Gasteiger partial charge in [-0.15, -0.1) is 0 Å². The highest BCUT2D eigenvalue weighted by Crippen LogP contribution is 2.23. The number of piperazine rings is 1. The van der Waals surface area contributed by atoms with Gasteiger partial charge in [-0.3, -0.25) is 19.4 Å². The molecule has 2 amide bonds.